The highest BCUT2D eigenvalue weighted by atomic mass is 32.2. The number of hydrogen-bond donors (Lipinski definition) is 3. The molecule has 55 heavy (non-hydrogen) atoms. The van der Waals surface area contributed by atoms with Gasteiger partial charge in [0, 0.05) is 48.1 Å². The minimum Gasteiger partial charge on any atom is -0.508 e. The Morgan fingerprint density at radius 3 is 2.47 bits per heavy atom. The lowest BCUT2D eigenvalue weighted by atomic mass is 9.56. The van der Waals surface area contributed by atoms with E-state index in [1.807, 2.05) is 24.3 Å². The van der Waals surface area contributed by atoms with Crippen molar-refractivity contribution in [2.45, 2.75) is 73.4 Å². The lowest BCUT2D eigenvalue weighted by Gasteiger charge is -2.58. The molecule has 11 heteroatoms. The first-order valence-electron chi connectivity index (χ1n) is 19.1. The van der Waals surface area contributed by atoms with Crippen LogP contribution in [0.1, 0.15) is 62.0 Å². The standard InChI is InChI=1S/C44H48N2O8S/c1-2-23-52-44-41(55-35-19-15-30-9-3-4-10-31(30)24-35)27-39(45-53-28-29-13-16-33(17-14-29)46(50)51)37-25-32(11-5-7-21-47)36(12-6-8-22-48)42(43(37)44)38-26-34(49)18-20-40(38)54-44/h2-4,9-10,13-20,24-26,32,36,41-43,47-49H,1,5-8,11-12,21-23,27-28H2. The minimum absolute atomic E-state index is 0.00886. The number of phenolic OH excluding ortho intramolecular Hbond substituents is 1. The smallest absolute Gasteiger partial charge is 0.269 e. The summed E-state index contributed by atoms with van der Waals surface area (Å²) in [4.78, 5) is 18.0. The maximum Gasteiger partial charge on any atom is 0.269 e. The summed E-state index contributed by atoms with van der Waals surface area (Å²) in [5, 5.41) is 48.6. The second-order valence-corrected chi connectivity index (χ2v) is 15.9. The fraction of sp³-hybridized carbons (Fsp3) is 0.386. The molecule has 4 aromatic rings. The molecule has 288 valence electrons. The van der Waals surface area contributed by atoms with Gasteiger partial charge in [0.05, 0.1) is 28.4 Å². The highest BCUT2D eigenvalue weighted by molar-refractivity contribution is 8.00. The van der Waals surface area contributed by atoms with Gasteiger partial charge in [-0.05, 0) is 102 Å². The lowest BCUT2D eigenvalue weighted by molar-refractivity contribution is -0.384. The Kier molecular flexibility index (Phi) is 12.2. The van der Waals surface area contributed by atoms with E-state index in [4.69, 9.17) is 19.5 Å². The third kappa shape index (κ3) is 8.16. The number of aliphatic hydroxyl groups excluding tert-OH is 2. The van der Waals surface area contributed by atoms with Gasteiger partial charge in [0.15, 0.2) is 0 Å². The molecule has 4 aromatic carbocycles. The number of non-ortho nitro benzene ring substituents is 1. The van der Waals surface area contributed by atoms with Gasteiger partial charge in [0.1, 0.15) is 18.1 Å². The molecule has 0 saturated heterocycles. The quantitative estimate of drug-likeness (QED) is 0.0415. The van der Waals surface area contributed by atoms with Crippen molar-refractivity contribution in [1.82, 2.24) is 0 Å². The number of nitrogens with zero attached hydrogens (tertiary/aromatic N) is 2. The monoisotopic (exact) mass is 764 g/mol. The Bertz CT molecular complexity index is 2050. The average Bonchev–Trinajstić information content (AvgIpc) is 3.19. The number of aromatic hydroxyl groups is 1. The Labute approximate surface area is 325 Å². The molecule has 6 atom stereocenters. The summed E-state index contributed by atoms with van der Waals surface area (Å²) in [6, 6.07) is 26.3. The number of nitro benzene ring substituents is 1. The van der Waals surface area contributed by atoms with E-state index >= 15 is 0 Å². The summed E-state index contributed by atoms with van der Waals surface area (Å²) in [7, 11) is 0. The van der Waals surface area contributed by atoms with Crippen molar-refractivity contribution in [1.29, 1.82) is 0 Å². The molecule has 0 spiro atoms. The molecule has 7 rings (SSSR count). The predicted molar refractivity (Wildman–Crippen MR) is 214 cm³/mol. The zero-order chi connectivity index (χ0) is 38.4. The van der Waals surface area contributed by atoms with E-state index in [9.17, 15) is 25.4 Å². The molecule has 0 radical (unpaired) electrons. The number of rotatable bonds is 17. The van der Waals surface area contributed by atoms with Gasteiger partial charge in [-0.1, -0.05) is 60.5 Å². The van der Waals surface area contributed by atoms with Crippen LogP contribution in [0.4, 0.5) is 5.69 Å². The van der Waals surface area contributed by atoms with Crippen LogP contribution in [0.5, 0.6) is 11.5 Å². The van der Waals surface area contributed by atoms with E-state index in [0.717, 1.165) is 63.8 Å². The zero-order valence-electron chi connectivity index (χ0n) is 30.8. The summed E-state index contributed by atoms with van der Waals surface area (Å²) >= 11 is 1.69. The first-order valence-corrected chi connectivity index (χ1v) is 20.0. The van der Waals surface area contributed by atoms with Crippen molar-refractivity contribution in [2.24, 2.45) is 22.9 Å². The van der Waals surface area contributed by atoms with Gasteiger partial charge in [-0.3, -0.25) is 10.1 Å². The normalized spacial score (nSPS) is 24.7. The number of fused-ring (bicyclic) bond motifs is 3. The lowest BCUT2D eigenvalue weighted by Crippen LogP contribution is -2.64. The summed E-state index contributed by atoms with van der Waals surface area (Å²) in [6.07, 6.45) is 9.25. The zero-order valence-corrected chi connectivity index (χ0v) is 31.6. The van der Waals surface area contributed by atoms with Crippen LogP contribution >= 0.6 is 11.8 Å². The largest absolute Gasteiger partial charge is 0.508 e. The van der Waals surface area contributed by atoms with Gasteiger partial charge in [0.2, 0.25) is 5.79 Å². The number of thioether (sulfide) groups is 1. The van der Waals surface area contributed by atoms with E-state index < -0.39 is 10.7 Å². The Balaban J connectivity index is 1.37. The molecule has 6 unspecified atom stereocenters. The summed E-state index contributed by atoms with van der Waals surface area (Å²) in [5.41, 5.74) is 3.44. The van der Waals surface area contributed by atoms with Crippen LogP contribution in [0.2, 0.25) is 0 Å². The van der Waals surface area contributed by atoms with Crippen molar-refractivity contribution in [3.05, 3.63) is 130 Å². The second kappa shape index (κ2) is 17.4. The molecule has 0 bridgehead atoms. The number of aliphatic hydroxyl groups is 2. The number of hydrogen-bond acceptors (Lipinski definition) is 10. The molecule has 3 N–H and O–H groups in total. The third-order valence-electron chi connectivity index (χ3n) is 11.2. The SMILES string of the molecule is C=CCOC12Oc3ccc(O)cc3C3C(CCCCO)C(CCCCO)C=C(C(=NOCc4ccc([N+](=O)[O-])cc4)CC1Sc1ccc4ccccc4c1)C32. The van der Waals surface area contributed by atoms with Crippen molar-refractivity contribution in [3.8, 4) is 11.5 Å². The first-order chi connectivity index (χ1) is 26.8. The van der Waals surface area contributed by atoms with E-state index in [0.29, 0.717) is 25.0 Å². The number of benzene rings is 4. The van der Waals surface area contributed by atoms with Crippen LogP contribution in [0.3, 0.4) is 0 Å². The second-order valence-electron chi connectivity index (χ2n) is 14.6. The fourth-order valence-corrected chi connectivity index (χ4v) is 10.1. The predicted octanol–water partition coefficient (Wildman–Crippen LogP) is 9.08. The molecule has 1 fully saturated rings. The summed E-state index contributed by atoms with van der Waals surface area (Å²) in [6.45, 7) is 4.60. The van der Waals surface area contributed by atoms with Crippen LogP contribution in [0.25, 0.3) is 10.8 Å². The number of nitro groups is 1. The number of unbranched alkanes of at least 4 members (excludes halogenated alkanes) is 2. The van der Waals surface area contributed by atoms with Crippen LogP contribution in [0, 0.1) is 27.9 Å². The fourth-order valence-electron chi connectivity index (χ4n) is 8.74. The van der Waals surface area contributed by atoms with Gasteiger partial charge in [0.25, 0.3) is 5.69 Å². The van der Waals surface area contributed by atoms with E-state index in [1.54, 1.807) is 36.0 Å². The van der Waals surface area contributed by atoms with Gasteiger partial charge < -0.3 is 29.6 Å². The molecular formula is C44H48N2O8S. The molecule has 1 aliphatic heterocycles. The van der Waals surface area contributed by atoms with Gasteiger partial charge in [-0.15, -0.1) is 18.3 Å². The summed E-state index contributed by atoms with van der Waals surface area (Å²) in [5.74, 6) is -0.597. The molecule has 1 heterocycles. The van der Waals surface area contributed by atoms with Crippen LogP contribution < -0.4 is 4.74 Å². The van der Waals surface area contributed by atoms with Gasteiger partial charge in [-0.25, -0.2) is 0 Å². The molecular weight excluding hydrogens is 717 g/mol. The number of phenols is 1. The Morgan fingerprint density at radius 2 is 1.73 bits per heavy atom. The molecule has 1 saturated carbocycles. The minimum atomic E-state index is -1.16. The number of oxime groups is 1. The molecule has 2 aliphatic carbocycles. The van der Waals surface area contributed by atoms with E-state index in [1.165, 1.54) is 12.1 Å². The van der Waals surface area contributed by atoms with Crippen molar-refractivity contribution in [3.63, 3.8) is 0 Å². The number of ether oxygens (including phenoxy) is 2. The van der Waals surface area contributed by atoms with Crippen LogP contribution in [-0.4, -0.2) is 56.8 Å². The van der Waals surface area contributed by atoms with Crippen molar-refractivity contribution >= 4 is 33.9 Å². The first kappa shape index (κ1) is 38.6. The summed E-state index contributed by atoms with van der Waals surface area (Å²) < 4.78 is 14.2. The highest BCUT2D eigenvalue weighted by Gasteiger charge is 2.64. The molecule has 3 aliphatic rings. The van der Waals surface area contributed by atoms with Crippen LogP contribution in [-0.2, 0) is 16.2 Å². The Hall–Kier alpha value is -4.68. The number of allylic oxidation sites excluding steroid dienone is 1. The third-order valence-corrected chi connectivity index (χ3v) is 12.5. The van der Waals surface area contributed by atoms with Gasteiger partial charge >= 0.3 is 0 Å². The molecule has 0 aromatic heterocycles. The maximum absolute atomic E-state index is 11.3. The molecule has 10 nitrogen and oxygen atoms in total. The van der Waals surface area contributed by atoms with Gasteiger partial charge in [-0.2, -0.15) is 0 Å². The highest BCUT2D eigenvalue weighted by Crippen LogP contribution is 2.63. The topological polar surface area (TPSA) is 144 Å². The van der Waals surface area contributed by atoms with Crippen LogP contribution in [0.15, 0.2) is 119 Å². The molecule has 0 amide bonds. The van der Waals surface area contributed by atoms with Crippen molar-refractivity contribution in [2.75, 3.05) is 19.8 Å². The Morgan fingerprint density at radius 1 is 0.964 bits per heavy atom. The maximum atomic E-state index is 11.3. The van der Waals surface area contributed by atoms with E-state index in [2.05, 4.69) is 43.0 Å². The average molecular weight is 765 g/mol. The van der Waals surface area contributed by atoms with E-state index in [-0.39, 0.29) is 66.8 Å². The van der Waals surface area contributed by atoms with Crippen molar-refractivity contribution < 1.29 is 34.6 Å².